The summed E-state index contributed by atoms with van der Waals surface area (Å²) in [6.45, 7) is 0. The molecule has 2 rings (SSSR count). The van der Waals surface area contributed by atoms with Crippen LogP contribution in [0.4, 0.5) is 0 Å². The van der Waals surface area contributed by atoms with Crippen molar-refractivity contribution < 1.29 is 9.84 Å². The molecule has 0 amide bonds. The highest BCUT2D eigenvalue weighted by Gasteiger charge is 1.92. The Bertz CT molecular complexity index is 513. The molecule has 0 aromatic heterocycles. The van der Waals surface area contributed by atoms with Gasteiger partial charge in [0, 0.05) is 0 Å². The molecule has 0 atom stereocenters. The molecule has 0 heterocycles. The molecule has 0 aliphatic carbocycles. The Morgan fingerprint density at radius 1 is 0.941 bits per heavy atom. The van der Waals surface area contributed by atoms with E-state index < -0.39 is 0 Å². The number of aromatic hydroxyl groups is 1. The number of hydrogen-bond acceptors (Lipinski definition) is 2. The van der Waals surface area contributed by atoms with Crippen molar-refractivity contribution in [2.75, 3.05) is 7.11 Å². The second kappa shape index (κ2) is 5.21. The first-order valence-corrected chi connectivity index (χ1v) is 5.39. The van der Waals surface area contributed by atoms with Crippen LogP contribution in [-0.2, 0) is 0 Å². The summed E-state index contributed by atoms with van der Waals surface area (Å²) in [7, 11) is 1.65. The van der Waals surface area contributed by atoms with E-state index in [-0.39, 0.29) is 5.75 Å². The summed E-state index contributed by atoms with van der Waals surface area (Å²) in [6, 6.07) is 15.0. The van der Waals surface area contributed by atoms with Crippen molar-refractivity contribution in [2.45, 2.75) is 0 Å². The van der Waals surface area contributed by atoms with Gasteiger partial charge in [-0.05, 0) is 35.4 Å². The third-order valence-corrected chi connectivity index (χ3v) is 2.45. The van der Waals surface area contributed by atoms with Crippen molar-refractivity contribution in [1.82, 2.24) is 0 Å². The van der Waals surface area contributed by atoms with Crippen LogP contribution in [0.2, 0.25) is 0 Å². The Balaban J connectivity index is 2.14. The van der Waals surface area contributed by atoms with Gasteiger partial charge in [0.25, 0.3) is 0 Å². The van der Waals surface area contributed by atoms with Crippen LogP contribution in [0.3, 0.4) is 0 Å². The minimum atomic E-state index is 0.280. The first kappa shape index (κ1) is 11.3. The first-order valence-electron chi connectivity index (χ1n) is 5.39. The first-order chi connectivity index (χ1) is 8.28. The zero-order chi connectivity index (χ0) is 12.1. The van der Waals surface area contributed by atoms with Crippen molar-refractivity contribution in [3.05, 3.63) is 59.7 Å². The summed E-state index contributed by atoms with van der Waals surface area (Å²) in [4.78, 5) is 0. The molecule has 1 N–H and O–H groups in total. The highest BCUT2D eigenvalue weighted by atomic mass is 16.5. The predicted octanol–water partition coefficient (Wildman–Crippen LogP) is 3.57. The van der Waals surface area contributed by atoms with Crippen molar-refractivity contribution in [3.63, 3.8) is 0 Å². The summed E-state index contributed by atoms with van der Waals surface area (Å²) in [6.07, 6.45) is 3.95. The van der Waals surface area contributed by atoms with Crippen LogP contribution in [0.1, 0.15) is 11.1 Å². The normalized spacial score (nSPS) is 10.6. The number of phenolic OH excluding ortho intramolecular Hbond substituents is 1. The lowest BCUT2D eigenvalue weighted by molar-refractivity contribution is 0.415. The quantitative estimate of drug-likeness (QED) is 0.811. The third kappa shape index (κ3) is 3.11. The van der Waals surface area contributed by atoms with E-state index in [2.05, 4.69) is 0 Å². The minimum Gasteiger partial charge on any atom is -0.508 e. The number of methoxy groups -OCH3 is 1. The molecule has 0 saturated carbocycles. The molecule has 0 bridgehead atoms. The van der Waals surface area contributed by atoms with Crippen LogP contribution >= 0.6 is 0 Å². The Kier molecular flexibility index (Phi) is 3.46. The molecular weight excluding hydrogens is 212 g/mol. The van der Waals surface area contributed by atoms with Gasteiger partial charge in [-0.25, -0.2) is 0 Å². The van der Waals surface area contributed by atoms with Gasteiger partial charge in [-0.1, -0.05) is 36.4 Å². The summed E-state index contributed by atoms with van der Waals surface area (Å²) in [5, 5.41) is 9.33. The number of ether oxygens (including phenoxy) is 1. The molecule has 0 fully saturated rings. The molecule has 0 aliphatic heterocycles. The van der Waals surface area contributed by atoms with Gasteiger partial charge in [0.15, 0.2) is 0 Å². The van der Waals surface area contributed by atoms with Crippen LogP contribution in [0, 0.1) is 0 Å². The van der Waals surface area contributed by atoms with E-state index in [0.717, 1.165) is 16.9 Å². The van der Waals surface area contributed by atoms with Crippen LogP contribution in [0.5, 0.6) is 11.5 Å². The van der Waals surface area contributed by atoms with E-state index in [1.807, 2.05) is 48.6 Å². The molecule has 2 aromatic rings. The molecule has 2 heteroatoms. The second-order valence-electron chi connectivity index (χ2n) is 3.70. The number of benzene rings is 2. The standard InChI is InChI=1S/C15H14O2/c1-17-15-9-7-12(8-10-15)5-6-13-3-2-4-14(16)11-13/h2-11,16H,1H3/b6-5+. The number of hydrogen-bond donors (Lipinski definition) is 1. The van der Waals surface area contributed by atoms with Gasteiger partial charge in [0.1, 0.15) is 11.5 Å². The molecule has 2 aromatic carbocycles. The SMILES string of the molecule is COc1ccc(/C=C/c2cccc(O)c2)cc1. The van der Waals surface area contributed by atoms with E-state index >= 15 is 0 Å². The van der Waals surface area contributed by atoms with Gasteiger partial charge in [0.05, 0.1) is 7.11 Å². The minimum absolute atomic E-state index is 0.280. The monoisotopic (exact) mass is 226 g/mol. The van der Waals surface area contributed by atoms with Crippen molar-refractivity contribution in [1.29, 1.82) is 0 Å². The lowest BCUT2D eigenvalue weighted by atomic mass is 10.1. The average molecular weight is 226 g/mol. The largest absolute Gasteiger partial charge is 0.508 e. The van der Waals surface area contributed by atoms with Gasteiger partial charge in [-0.2, -0.15) is 0 Å². The maximum Gasteiger partial charge on any atom is 0.118 e. The second-order valence-corrected chi connectivity index (χ2v) is 3.70. The zero-order valence-electron chi connectivity index (χ0n) is 9.63. The summed E-state index contributed by atoms with van der Waals surface area (Å²) in [5.41, 5.74) is 2.06. The fourth-order valence-corrected chi connectivity index (χ4v) is 1.54. The fourth-order valence-electron chi connectivity index (χ4n) is 1.54. The molecule has 0 radical (unpaired) electrons. The zero-order valence-corrected chi connectivity index (χ0v) is 9.63. The van der Waals surface area contributed by atoms with E-state index in [0.29, 0.717) is 0 Å². The van der Waals surface area contributed by atoms with Crippen molar-refractivity contribution in [2.24, 2.45) is 0 Å². The maximum absolute atomic E-state index is 9.33. The lowest BCUT2D eigenvalue weighted by Crippen LogP contribution is -1.81. The van der Waals surface area contributed by atoms with E-state index in [9.17, 15) is 5.11 Å². The van der Waals surface area contributed by atoms with Gasteiger partial charge < -0.3 is 9.84 Å². The summed E-state index contributed by atoms with van der Waals surface area (Å²) < 4.78 is 5.09. The molecule has 0 aliphatic rings. The Hall–Kier alpha value is -2.22. The fraction of sp³-hybridized carbons (Fsp3) is 0.0667. The highest BCUT2D eigenvalue weighted by molar-refractivity contribution is 5.70. The highest BCUT2D eigenvalue weighted by Crippen LogP contribution is 2.16. The number of phenols is 1. The Labute approximate surface area is 101 Å². The lowest BCUT2D eigenvalue weighted by Gasteiger charge is -1.99. The number of rotatable bonds is 3. The van der Waals surface area contributed by atoms with E-state index in [4.69, 9.17) is 4.74 Å². The Morgan fingerprint density at radius 2 is 1.65 bits per heavy atom. The van der Waals surface area contributed by atoms with Gasteiger partial charge in [-0.15, -0.1) is 0 Å². The maximum atomic E-state index is 9.33. The van der Waals surface area contributed by atoms with Crippen LogP contribution < -0.4 is 4.74 Å². The molecule has 0 saturated heterocycles. The van der Waals surface area contributed by atoms with Gasteiger partial charge >= 0.3 is 0 Å². The van der Waals surface area contributed by atoms with Gasteiger partial charge in [-0.3, -0.25) is 0 Å². The van der Waals surface area contributed by atoms with Crippen molar-refractivity contribution in [3.8, 4) is 11.5 Å². The average Bonchev–Trinajstić information content (AvgIpc) is 2.37. The van der Waals surface area contributed by atoms with Crippen LogP contribution in [0.15, 0.2) is 48.5 Å². The van der Waals surface area contributed by atoms with E-state index in [1.165, 1.54) is 0 Å². The molecule has 86 valence electrons. The molecule has 17 heavy (non-hydrogen) atoms. The summed E-state index contributed by atoms with van der Waals surface area (Å²) >= 11 is 0. The Morgan fingerprint density at radius 3 is 2.29 bits per heavy atom. The predicted molar refractivity (Wildman–Crippen MR) is 70.0 cm³/mol. The van der Waals surface area contributed by atoms with Crippen LogP contribution in [-0.4, -0.2) is 12.2 Å². The third-order valence-electron chi connectivity index (χ3n) is 2.45. The molecular formula is C15H14O2. The van der Waals surface area contributed by atoms with Crippen LogP contribution in [0.25, 0.3) is 12.2 Å². The topological polar surface area (TPSA) is 29.5 Å². The summed E-state index contributed by atoms with van der Waals surface area (Å²) in [5.74, 6) is 1.13. The van der Waals surface area contributed by atoms with Gasteiger partial charge in [0.2, 0.25) is 0 Å². The van der Waals surface area contributed by atoms with Crippen molar-refractivity contribution >= 4 is 12.2 Å². The molecule has 2 nitrogen and oxygen atoms in total. The molecule has 0 spiro atoms. The molecule has 0 unspecified atom stereocenters. The van der Waals surface area contributed by atoms with E-state index in [1.54, 1.807) is 19.2 Å². The smallest absolute Gasteiger partial charge is 0.118 e.